The van der Waals surface area contributed by atoms with E-state index in [0.29, 0.717) is 17.7 Å². The quantitative estimate of drug-likeness (QED) is 0.813. The van der Waals surface area contributed by atoms with Gasteiger partial charge in [0.1, 0.15) is 5.82 Å². The van der Waals surface area contributed by atoms with E-state index in [0.717, 1.165) is 24.9 Å². The monoisotopic (exact) mass is 259 g/mol. The molecule has 0 aliphatic heterocycles. The first-order chi connectivity index (χ1) is 8.17. The first kappa shape index (κ1) is 14.4. The Hall–Kier alpha value is -0.640. The van der Waals surface area contributed by atoms with Gasteiger partial charge in [0, 0.05) is 24.8 Å². The van der Waals surface area contributed by atoms with Crippen LogP contribution in [0, 0.1) is 5.82 Å². The van der Waals surface area contributed by atoms with E-state index >= 15 is 0 Å². The number of likely N-dealkylation sites (N-methyl/N-ethyl adjacent to an activating group) is 1. The van der Waals surface area contributed by atoms with Gasteiger partial charge in [-0.2, -0.15) is 0 Å². The fraction of sp³-hybridized carbons (Fsp3) is 0.538. The SMILES string of the molecule is CCNC(CCOC)Cc1ccc(F)cc1Cl. The first-order valence-electron chi connectivity index (χ1n) is 5.83. The van der Waals surface area contributed by atoms with E-state index in [1.165, 1.54) is 12.1 Å². The lowest BCUT2D eigenvalue weighted by atomic mass is 10.0. The maximum absolute atomic E-state index is 12.9. The Morgan fingerprint density at radius 1 is 1.47 bits per heavy atom. The Balaban J connectivity index is 2.64. The maximum atomic E-state index is 12.9. The summed E-state index contributed by atoms with van der Waals surface area (Å²) in [6.07, 6.45) is 1.70. The number of ether oxygens (including phenoxy) is 1. The lowest BCUT2D eigenvalue weighted by molar-refractivity contribution is 0.183. The third kappa shape index (κ3) is 5.02. The molecule has 4 heteroatoms. The molecule has 0 saturated carbocycles. The van der Waals surface area contributed by atoms with Crippen molar-refractivity contribution in [2.75, 3.05) is 20.3 Å². The van der Waals surface area contributed by atoms with Crippen molar-refractivity contribution in [2.24, 2.45) is 0 Å². The third-order valence-electron chi connectivity index (χ3n) is 2.64. The molecule has 0 amide bonds. The predicted octanol–water partition coefficient (Wildman–Crippen LogP) is 3.04. The second kappa shape index (κ2) is 7.64. The van der Waals surface area contributed by atoms with Crippen molar-refractivity contribution in [2.45, 2.75) is 25.8 Å². The van der Waals surface area contributed by atoms with E-state index in [-0.39, 0.29) is 5.82 Å². The van der Waals surface area contributed by atoms with E-state index in [9.17, 15) is 4.39 Å². The summed E-state index contributed by atoms with van der Waals surface area (Å²) in [6.45, 7) is 3.66. The van der Waals surface area contributed by atoms with Crippen LogP contribution in [0.25, 0.3) is 0 Å². The zero-order valence-corrected chi connectivity index (χ0v) is 11.1. The van der Waals surface area contributed by atoms with Crippen LogP contribution in [0.1, 0.15) is 18.9 Å². The van der Waals surface area contributed by atoms with Gasteiger partial charge in [0.15, 0.2) is 0 Å². The molecule has 1 unspecified atom stereocenters. The summed E-state index contributed by atoms with van der Waals surface area (Å²) >= 11 is 6.01. The number of halogens is 2. The summed E-state index contributed by atoms with van der Waals surface area (Å²) in [4.78, 5) is 0. The van der Waals surface area contributed by atoms with Crippen molar-refractivity contribution in [3.63, 3.8) is 0 Å². The van der Waals surface area contributed by atoms with Crippen LogP contribution in [0.3, 0.4) is 0 Å². The maximum Gasteiger partial charge on any atom is 0.124 e. The molecule has 0 aliphatic carbocycles. The largest absolute Gasteiger partial charge is 0.385 e. The van der Waals surface area contributed by atoms with Crippen LogP contribution >= 0.6 is 11.6 Å². The molecule has 17 heavy (non-hydrogen) atoms. The van der Waals surface area contributed by atoms with E-state index in [1.54, 1.807) is 13.2 Å². The molecule has 0 aromatic heterocycles. The number of benzene rings is 1. The van der Waals surface area contributed by atoms with Crippen molar-refractivity contribution in [3.05, 3.63) is 34.6 Å². The second-order valence-corrected chi connectivity index (χ2v) is 4.38. The molecule has 1 aromatic carbocycles. The molecule has 0 heterocycles. The molecule has 0 spiro atoms. The number of nitrogens with one attached hydrogen (secondary N) is 1. The van der Waals surface area contributed by atoms with Crippen molar-refractivity contribution in [1.82, 2.24) is 5.32 Å². The molecule has 0 fully saturated rings. The summed E-state index contributed by atoms with van der Waals surface area (Å²) in [5.41, 5.74) is 0.968. The van der Waals surface area contributed by atoms with Gasteiger partial charge in [-0.25, -0.2) is 4.39 Å². The van der Waals surface area contributed by atoms with Gasteiger partial charge in [0.05, 0.1) is 0 Å². The van der Waals surface area contributed by atoms with E-state index in [4.69, 9.17) is 16.3 Å². The van der Waals surface area contributed by atoms with Crippen LogP contribution in [-0.2, 0) is 11.2 Å². The number of methoxy groups -OCH3 is 1. The molecule has 2 nitrogen and oxygen atoms in total. The highest BCUT2D eigenvalue weighted by Gasteiger charge is 2.11. The lowest BCUT2D eigenvalue weighted by Gasteiger charge is -2.18. The number of rotatable bonds is 7. The lowest BCUT2D eigenvalue weighted by Crippen LogP contribution is -2.32. The molecule has 1 rings (SSSR count). The van der Waals surface area contributed by atoms with Crippen molar-refractivity contribution < 1.29 is 9.13 Å². The minimum absolute atomic E-state index is 0.296. The zero-order chi connectivity index (χ0) is 12.7. The Bertz CT molecular complexity index is 346. The van der Waals surface area contributed by atoms with E-state index in [1.807, 2.05) is 0 Å². The van der Waals surface area contributed by atoms with Crippen molar-refractivity contribution in [3.8, 4) is 0 Å². The summed E-state index contributed by atoms with van der Waals surface area (Å²) in [5, 5.41) is 3.87. The average molecular weight is 260 g/mol. The third-order valence-corrected chi connectivity index (χ3v) is 3.00. The molecule has 1 N–H and O–H groups in total. The highest BCUT2D eigenvalue weighted by molar-refractivity contribution is 6.31. The zero-order valence-electron chi connectivity index (χ0n) is 10.3. The van der Waals surface area contributed by atoms with Gasteiger partial charge >= 0.3 is 0 Å². The molecule has 0 saturated heterocycles. The second-order valence-electron chi connectivity index (χ2n) is 3.98. The minimum Gasteiger partial charge on any atom is -0.385 e. The van der Waals surface area contributed by atoms with Gasteiger partial charge < -0.3 is 10.1 Å². The fourth-order valence-electron chi connectivity index (χ4n) is 1.78. The van der Waals surface area contributed by atoms with Crippen LogP contribution in [0.5, 0.6) is 0 Å². The Morgan fingerprint density at radius 2 is 2.24 bits per heavy atom. The highest BCUT2D eigenvalue weighted by Crippen LogP contribution is 2.19. The minimum atomic E-state index is -0.296. The van der Waals surface area contributed by atoms with Gasteiger partial charge in [0.2, 0.25) is 0 Å². The van der Waals surface area contributed by atoms with Crippen LogP contribution in [0.15, 0.2) is 18.2 Å². The number of hydrogen-bond donors (Lipinski definition) is 1. The van der Waals surface area contributed by atoms with Crippen LogP contribution in [0.2, 0.25) is 5.02 Å². The summed E-state index contributed by atoms with van der Waals surface area (Å²) in [7, 11) is 1.69. The molecule has 1 atom stereocenters. The molecular weight excluding hydrogens is 241 g/mol. The van der Waals surface area contributed by atoms with Crippen LogP contribution in [0.4, 0.5) is 4.39 Å². The molecule has 0 radical (unpaired) electrons. The van der Waals surface area contributed by atoms with Crippen LogP contribution in [-0.4, -0.2) is 26.3 Å². The van der Waals surface area contributed by atoms with Gasteiger partial charge in [0.25, 0.3) is 0 Å². The molecule has 0 bridgehead atoms. The Morgan fingerprint density at radius 3 is 2.82 bits per heavy atom. The van der Waals surface area contributed by atoms with E-state index in [2.05, 4.69) is 12.2 Å². The van der Waals surface area contributed by atoms with Gasteiger partial charge in [-0.15, -0.1) is 0 Å². The Kier molecular flexibility index (Phi) is 6.48. The van der Waals surface area contributed by atoms with Gasteiger partial charge in [-0.3, -0.25) is 0 Å². The molecule has 0 aliphatic rings. The van der Waals surface area contributed by atoms with Gasteiger partial charge in [-0.1, -0.05) is 24.6 Å². The van der Waals surface area contributed by atoms with Gasteiger partial charge in [-0.05, 0) is 37.1 Å². The van der Waals surface area contributed by atoms with Crippen molar-refractivity contribution >= 4 is 11.6 Å². The summed E-state index contributed by atoms with van der Waals surface area (Å²) in [5.74, 6) is -0.296. The summed E-state index contributed by atoms with van der Waals surface area (Å²) < 4.78 is 18.0. The topological polar surface area (TPSA) is 21.3 Å². The molecular formula is C13H19ClFNO. The highest BCUT2D eigenvalue weighted by atomic mass is 35.5. The van der Waals surface area contributed by atoms with E-state index < -0.39 is 0 Å². The number of hydrogen-bond acceptors (Lipinski definition) is 2. The first-order valence-corrected chi connectivity index (χ1v) is 6.21. The Labute approximate surface area is 107 Å². The molecule has 96 valence electrons. The average Bonchev–Trinajstić information content (AvgIpc) is 2.29. The standard InChI is InChI=1S/C13H19ClFNO/c1-3-16-12(6-7-17-2)8-10-4-5-11(15)9-13(10)14/h4-5,9,12,16H,3,6-8H2,1-2H3. The van der Waals surface area contributed by atoms with Crippen LogP contribution < -0.4 is 5.32 Å². The predicted molar refractivity (Wildman–Crippen MR) is 69.1 cm³/mol. The normalized spacial score (nSPS) is 12.7. The fourth-order valence-corrected chi connectivity index (χ4v) is 2.02. The van der Waals surface area contributed by atoms with Crippen molar-refractivity contribution in [1.29, 1.82) is 0 Å². The summed E-state index contributed by atoms with van der Waals surface area (Å²) in [6, 6.07) is 4.86. The smallest absolute Gasteiger partial charge is 0.124 e. The molecule has 1 aromatic rings.